The van der Waals surface area contributed by atoms with Crippen molar-refractivity contribution in [3.05, 3.63) is 58.4 Å². The van der Waals surface area contributed by atoms with E-state index in [0.29, 0.717) is 13.1 Å². The predicted octanol–water partition coefficient (Wildman–Crippen LogP) is 4.77. The summed E-state index contributed by atoms with van der Waals surface area (Å²) in [6.45, 7) is -0.213. The van der Waals surface area contributed by atoms with Gasteiger partial charge in [-0.1, -0.05) is 30.5 Å². The van der Waals surface area contributed by atoms with Crippen LogP contribution in [0.25, 0.3) is 0 Å². The zero-order valence-electron chi connectivity index (χ0n) is 15.6. The minimum absolute atomic E-state index is 0.00984. The summed E-state index contributed by atoms with van der Waals surface area (Å²) in [7, 11) is -3.93. The van der Waals surface area contributed by atoms with Gasteiger partial charge in [0.2, 0.25) is 10.0 Å². The number of amides is 1. The summed E-state index contributed by atoms with van der Waals surface area (Å²) < 4.78 is 54.3. The quantitative estimate of drug-likeness (QED) is 0.725. The van der Waals surface area contributed by atoms with Gasteiger partial charge in [0.1, 0.15) is 12.5 Å². The van der Waals surface area contributed by atoms with Crippen molar-refractivity contribution in [2.75, 3.05) is 18.4 Å². The first-order valence-corrected chi connectivity index (χ1v) is 11.1. The third-order valence-corrected chi connectivity index (χ3v) is 7.10. The Morgan fingerprint density at radius 2 is 1.76 bits per heavy atom. The van der Waals surface area contributed by atoms with Gasteiger partial charge in [0.05, 0.1) is 9.92 Å². The van der Waals surface area contributed by atoms with Crippen molar-refractivity contribution >= 4 is 33.2 Å². The largest absolute Gasteiger partial charge is 0.322 e. The molecule has 2 aromatic carbocycles. The molecule has 1 aliphatic rings. The summed E-state index contributed by atoms with van der Waals surface area (Å²) in [6.07, 6.45) is 3.39. The molecule has 3 rings (SSSR count). The summed E-state index contributed by atoms with van der Waals surface area (Å²) in [5.74, 6) is -1.23. The van der Waals surface area contributed by atoms with Crippen LogP contribution in [0, 0.1) is 5.82 Å². The molecule has 0 bridgehead atoms. The summed E-state index contributed by atoms with van der Waals surface area (Å²) in [6, 6.07) is 7.55. The summed E-state index contributed by atoms with van der Waals surface area (Å²) in [5.41, 5.74) is 0.319. The molecule has 0 radical (unpaired) electrons. The van der Waals surface area contributed by atoms with Gasteiger partial charge in [-0.05, 0) is 43.2 Å². The van der Waals surface area contributed by atoms with Crippen molar-refractivity contribution in [2.45, 2.75) is 37.3 Å². The Morgan fingerprint density at radius 1 is 1.07 bits per heavy atom. The topological polar surface area (TPSA) is 66.5 Å². The molecule has 0 atom stereocenters. The SMILES string of the molecule is O=C(Nc1ccc(F)c(Cl)c1)c1ccc(CF)c(S(=O)(=O)N2CCCCCC2)c1. The number of nitrogens with zero attached hydrogens (tertiary/aromatic N) is 1. The maximum Gasteiger partial charge on any atom is 0.255 e. The van der Waals surface area contributed by atoms with E-state index in [0.717, 1.165) is 31.7 Å². The molecule has 2 aromatic rings. The second kappa shape index (κ2) is 9.19. The lowest BCUT2D eigenvalue weighted by Crippen LogP contribution is -2.32. The lowest BCUT2D eigenvalue weighted by molar-refractivity contribution is 0.102. The Labute approximate surface area is 173 Å². The van der Waals surface area contributed by atoms with Gasteiger partial charge in [-0.15, -0.1) is 0 Å². The van der Waals surface area contributed by atoms with Gasteiger partial charge in [-0.25, -0.2) is 17.2 Å². The molecule has 156 valence electrons. The first kappa shape index (κ1) is 21.7. The normalized spacial score (nSPS) is 15.7. The Morgan fingerprint density at radius 3 is 2.38 bits per heavy atom. The maximum absolute atomic E-state index is 13.5. The standard InChI is InChI=1S/C20H21ClF2N2O3S/c21-17-12-16(7-8-18(17)23)24-20(26)14-5-6-15(13-22)19(11-14)29(27,28)25-9-3-1-2-4-10-25/h5-8,11-12H,1-4,9-10,13H2,(H,24,26). The van der Waals surface area contributed by atoms with E-state index < -0.39 is 28.4 Å². The number of carbonyl (C=O) groups is 1. The predicted molar refractivity (Wildman–Crippen MR) is 108 cm³/mol. The second-order valence-corrected chi connectivity index (χ2v) is 9.17. The highest BCUT2D eigenvalue weighted by molar-refractivity contribution is 7.89. The van der Waals surface area contributed by atoms with Gasteiger partial charge < -0.3 is 5.32 Å². The number of hydrogen-bond acceptors (Lipinski definition) is 3. The highest BCUT2D eigenvalue weighted by Gasteiger charge is 2.28. The van der Waals surface area contributed by atoms with E-state index in [4.69, 9.17) is 11.6 Å². The van der Waals surface area contributed by atoms with Gasteiger partial charge in [0.25, 0.3) is 5.91 Å². The fourth-order valence-electron chi connectivity index (χ4n) is 3.24. The molecule has 29 heavy (non-hydrogen) atoms. The van der Waals surface area contributed by atoms with E-state index in [1.807, 2.05) is 0 Å². The van der Waals surface area contributed by atoms with Crippen LogP contribution in [0.5, 0.6) is 0 Å². The van der Waals surface area contributed by atoms with Crippen LogP contribution < -0.4 is 5.32 Å². The molecule has 0 aliphatic carbocycles. The van der Waals surface area contributed by atoms with E-state index in [-0.39, 0.29) is 26.7 Å². The Hall–Kier alpha value is -2.03. The molecule has 5 nitrogen and oxygen atoms in total. The monoisotopic (exact) mass is 442 g/mol. The van der Waals surface area contributed by atoms with Crippen molar-refractivity contribution in [1.29, 1.82) is 0 Å². The molecule has 1 saturated heterocycles. The number of halogens is 3. The van der Waals surface area contributed by atoms with Crippen LogP contribution >= 0.6 is 11.6 Å². The number of rotatable bonds is 5. The number of hydrogen-bond donors (Lipinski definition) is 1. The average Bonchev–Trinajstić information content (AvgIpc) is 3.00. The minimum Gasteiger partial charge on any atom is -0.322 e. The summed E-state index contributed by atoms with van der Waals surface area (Å²) >= 11 is 5.71. The smallest absolute Gasteiger partial charge is 0.255 e. The second-order valence-electron chi connectivity index (χ2n) is 6.86. The van der Waals surface area contributed by atoms with E-state index >= 15 is 0 Å². The zero-order chi connectivity index (χ0) is 21.0. The minimum atomic E-state index is -3.93. The van der Waals surface area contributed by atoms with Crippen LogP contribution in [0.1, 0.15) is 41.6 Å². The van der Waals surface area contributed by atoms with E-state index in [9.17, 15) is 22.0 Å². The van der Waals surface area contributed by atoms with Gasteiger partial charge in [-0.3, -0.25) is 4.79 Å². The molecule has 1 amide bonds. The molecule has 9 heteroatoms. The fourth-order valence-corrected chi connectivity index (χ4v) is 5.17. The molecule has 1 aliphatic heterocycles. The molecular weight excluding hydrogens is 422 g/mol. The van der Waals surface area contributed by atoms with Crippen LogP contribution in [0.15, 0.2) is 41.3 Å². The van der Waals surface area contributed by atoms with Crippen LogP contribution in [-0.4, -0.2) is 31.7 Å². The number of sulfonamides is 1. The van der Waals surface area contributed by atoms with Crippen molar-refractivity contribution in [1.82, 2.24) is 4.31 Å². The van der Waals surface area contributed by atoms with Gasteiger partial charge in [-0.2, -0.15) is 4.31 Å². The molecule has 1 N–H and O–H groups in total. The highest BCUT2D eigenvalue weighted by atomic mass is 35.5. The molecule has 1 heterocycles. The fraction of sp³-hybridized carbons (Fsp3) is 0.350. The van der Waals surface area contributed by atoms with Crippen molar-refractivity contribution in [3.63, 3.8) is 0 Å². The maximum atomic E-state index is 13.5. The van der Waals surface area contributed by atoms with Crippen LogP contribution in [-0.2, 0) is 16.7 Å². The average molecular weight is 443 g/mol. The van der Waals surface area contributed by atoms with Crippen molar-refractivity contribution in [2.24, 2.45) is 0 Å². The van der Waals surface area contributed by atoms with E-state index in [1.54, 1.807) is 0 Å². The number of carbonyl (C=O) groups excluding carboxylic acids is 1. The number of anilines is 1. The number of nitrogens with one attached hydrogen (secondary N) is 1. The molecular formula is C20H21ClF2N2O3S. The first-order valence-electron chi connectivity index (χ1n) is 9.28. The van der Waals surface area contributed by atoms with Crippen molar-refractivity contribution < 1.29 is 22.0 Å². The van der Waals surface area contributed by atoms with Crippen LogP contribution in [0.3, 0.4) is 0 Å². The number of alkyl halides is 1. The Balaban J connectivity index is 1.91. The van der Waals surface area contributed by atoms with Gasteiger partial charge >= 0.3 is 0 Å². The zero-order valence-corrected chi connectivity index (χ0v) is 17.2. The lowest BCUT2D eigenvalue weighted by Gasteiger charge is -2.21. The van der Waals surface area contributed by atoms with Crippen LogP contribution in [0.4, 0.5) is 14.5 Å². The highest BCUT2D eigenvalue weighted by Crippen LogP contribution is 2.26. The molecule has 0 unspecified atom stereocenters. The van der Waals surface area contributed by atoms with E-state index in [1.165, 1.54) is 34.6 Å². The summed E-state index contributed by atoms with van der Waals surface area (Å²) in [5, 5.41) is 2.39. The van der Waals surface area contributed by atoms with Gasteiger partial charge in [0, 0.05) is 29.9 Å². The van der Waals surface area contributed by atoms with Crippen molar-refractivity contribution in [3.8, 4) is 0 Å². The third kappa shape index (κ3) is 4.94. The Kier molecular flexibility index (Phi) is 6.87. The summed E-state index contributed by atoms with van der Waals surface area (Å²) in [4.78, 5) is 12.4. The first-order chi connectivity index (χ1) is 13.8. The van der Waals surface area contributed by atoms with E-state index in [2.05, 4.69) is 5.32 Å². The molecule has 0 aromatic heterocycles. The molecule has 1 fully saturated rings. The third-order valence-electron chi connectivity index (χ3n) is 4.83. The lowest BCUT2D eigenvalue weighted by atomic mass is 10.1. The molecule has 0 saturated carbocycles. The van der Waals surface area contributed by atoms with Crippen LogP contribution in [0.2, 0.25) is 5.02 Å². The number of benzene rings is 2. The van der Waals surface area contributed by atoms with Gasteiger partial charge in [0.15, 0.2) is 0 Å². The molecule has 0 spiro atoms. The Bertz CT molecular complexity index is 1010.